The average molecular weight is 630 g/mol. The van der Waals surface area contributed by atoms with Crippen molar-refractivity contribution >= 4 is 29.3 Å². The molecule has 2 aliphatic carbocycles. The molecule has 1 N–H and O–H groups in total. The largest absolute Gasteiger partial charge is 0.467 e. The van der Waals surface area contributed by atoms with Crippen molar-refractivity contribution in [2.75, 3.05) is 11.9 Å². The van der Waals surface area contributed by atoms with Gasteiger partial charge in [-0.2, -0.15) is 0 Å². The maximum Gasteiger partial charge on any atom is 0.262 e. The highest BCUT2D eigenvalue weighted by atomic mass is 16.3. The molecule has 3 aliphatic rings. The minimum Gasteiger partial charge on any atom is -0.467 e. The zero-order valence-electron chi connectivity index (χ0n) is 27.0. The maximum atomic E-state index is 14.9. The Morgan fingerprint density at radius 1 is 0.872 bits per heavy atom. The van der Waals surface area contributed by atoms with Crippen LogP contribution in [0.4, 0.5) is 5.69 Å². The van der Waals surface area contributed by atoms with Gasteiger partial charge in [-0.25, -0.2) is 0 Å². The first-order valence-corrected chi connectivity index (χ1v) is 16.4. The van der Waals surface area contributed by atoms with E-state index in [4.69, 9.17) is 4.42 Å². The van der Waals surface area contributed by atoms with Crippen molar-refractivity contribution in [2.24, 2.45) is 11.8 Å². The lowest BCUT2D eigenvalue weighted by atomic mass is 9.62. The van der Waals surface area contributed by atoms with Gasteiger partial charge >= 0.3 is 0 Å². The molecule has 8 nitrogen and oxygen atoms in total. The van der Waals surface area contributed by atoms with Gasteiger partial charge in [0.25, 0.3) is 11.8 Å². The van der Waals surface area contributed by atoms with Gasteiger partial charge in [-0.15, -0.1) is 0 Å². The predicted octanol–water partition coefficient (Wildman–Crippen LogP) is 6.42. The fourth-order valence-electron chi connectivity index (χ4n) is 8.21. The number of hydrogen-bond acceptors (Lipinski definition) is 5. The Bertz CT molecular complexity index is 1840. The second-order valence-corrected chi connectivity index (χ2v) is 13.5. The van der Waals surface area contributed by atoms with Gasteiger partial charge in [0.15, 0.2) is 0 Å². The number of furan rings is 1. The van der Waals surface area contributed by atoms with Gasteiger partial charge in [0, 0.05) is 5.69 Å². The molecular weight excluding hydrogens is 590 g/mol. The number of carbonyl (C=O) groups is 4. The fourth-order valence-corrected chi connectivity index (χ4v) is 8.21. The molecule has 3 aromatic carbocycles. The van der Waals surface area contributed by atoms with Crippen LogP contribution in [0.15, 0.2) is 83.5 Å². The summed E-state index contributed by atoms with van der Waals surface area (Å²) in [5, 5.41) is 3.26. The molecule has 240 valence electrons. The molecule has 1 aliphatic heterocycles. The number of aryl methyl sites for hydroxylation is 3. The lowest BCUT2D eigenvalue weighted by Crippen LogP contribution is -2.63. The summed E-state index contributed by atoms with van der Waals surface area (Å²) < 4.78 is 5.74. The number of nitrogens with one attached hydrogen (secondary N) is 1. The van der Waals surface area contributed by atoms with Crippen LogP contribution < -0.4 is 5.32 Å². The van der Waals surface area contributed by atoms with Crippen LogP contribution in [0.1, 0.15) is 73.6 Å². The summed E-state index contributed by atoms with van der Waals surface area (Å²) in [5.41, 5.74) is 5.67. The van der Waals surface area contributed by atoms with Crippen molar-refractivity contribution in [3.8, 4) is 0 Å². The molecule has 2 heterocycles. The standard InChI is InChI=1S/C39H39N3O5/c1-24-17-25(2)35(26(3)18-24)40-38(46)39(15-14-29-19-27-9-4-5-10-28(27)20-30(29)21-39)42(22-31-11-8-16-47-31)34(43)23-41-36(44)32-12-6-7-13-33(32)37(41)45/h4-13,16-18,29-30H,14-15,19-23H2,1-3H3,(H,40,46)/t29-,30+,39-/m0/s1. The number of anilines is 1. The Balaban J connectivity index is 1.29. The van der Waals surface area contributed by atoms with E-state index in [9.17, 15) is 19.2 Å². The molecule has 3 atom stereocenters. The third-order valence-electron chi connectivity index (χ3n) is 10.5. The number of amides is 4. The molecule has 4 aromatic rings. The van der Waals surface area contributed by atoms with Gasteiger partial charge in [-0.1, -0.05) is 54.1 Å². The summed E-state index contributed by atoms with van der Waals surface area (Å²) in [5.74, 6) is -0.680. The van der Waals surface area contributed by atoms with E-state index in [1.54, 1.807) is 47.6 Å². The van der Waals surface area contributed by atoms with Crippen LogP contribution in [0.3, 0.4) is 0 Å². The molecule has 0 unspecified atom stereocenters. The molecule has 47 heavy (non-hydrogen) atoms. The van der Waals surface area contributed by atoms with Gasteiger partial charge in [-0.05, 0) is 111 Å². The van der Waals surface area contributed by atoms with Crippen molar-refractivity contribution in [1.82, 2.24) is 9.80 Å². The summed E-state index contributed by atoms with van der Waals surface area (Å²) in [4.78, 5) is 58.9. The van der Waals surface area contributed by atoms with Crippen molar-refractivity contribution in [2.45, 2.75) is 65.0 Å². The van der Waals surface area contributed by atoms with E-state index in [2.05, 4.69) is 29.6 Å². The van der Waals surface area contributed by atoms with Gasteiger partial charge < -0.3 is 14.6 Å². The molecular formula is C39H39N3O5. The molecule has 1 saturated carbocycles. The normalized spacial score (nSPS) is 21.6. The van der Waals surface area contributed by atoms with Gasteiger partial charge in [0.2, 0.25) is 11.8 Å². The number of nitrogens with zero attached hydrogens (tertiary/aromatic N) is 2. The zero-order chi connectivity index (χ0) is 32.9. The van der Waals surface area contributed by atoms with E-state index in [-0.39, 0.29) is 29.5 Å². The highest BCUT2D eigenvalue weighted by Crippen LogP contribution is 2.47. The van der Waals surface area contributed by atoms with Crippen LogP contribution in [-0.2, 0) is 29.0 Å². The molecule has 1 fully saturated rings. The number of fused-ring (bicyclic) bond motifs is 3. The summed E-state index contributed by atoms with van der Waals surface area (Å²) in [6, 6.07) is 22.7. The van der Waals surface area contributed by atoms with Crippen molar-refractivity contribution in [1.29, 1.82) is 0 Å². The van der Waals surface area contributed by atoms with E-state index in [1.807, 2.05) is 32.9 Å². The highest BCUT2D eigenvalue weighted by Gasteiger charge is 2.53. The number of rotatable bonds is 7. The lowest BCUT2D eigenvalue weighted by Gasteiger charge is -2.51. The highest BCUT2D eigenvalue weighted by molar-refractivity contribution is 6.22. The number of imide groups is 1. The minimum absolute atomic E-state index is 0.0300. The molecule has 7 rings (SSSR count). The Hall–Kier alpha value is -4.98. The first-order chi connectivity index (χ1) is 22.6. The average Bonchev–Trinajstić information content (AvgIpc) is 3.66. The monoisotopic (exact) mass is 629 g/mol. The Labute approximate surface area is 274 Å². The summed E-state index contributed by atoms with van der Waals surface area (Å²) >= 11 is 0. The fraction of sp³-hybridized carbons (Fsp3) is 0.333. The van der Waals surface area contributed by atoms with E-state index in [1.165, 1.54) is 11.1 Å². The molecule has 0 spiro atoms. The molecule has 1 aromatic heterocycles. The quantitative estimate of drug-likeness (QED) is 0.238. The Morgan fingerprint density at radius 2 is 1.49 bits per heavy atom. The number of carbonyl (C=O) groups excluding carboxylic acids is 4. The molecule has 0 radical (unpaired) electrons. The summed E-state index contributed by atoms with van der Waals surface area (Å²) in [7, 11) is 0. The first-order valence-electron chi connectivity index (χ1n) is 16.4. The predicted molar refractivity (Wildman–Crippen MR) is 178 cm³/mol. The van der Waals surface area contributed by atoms with E-state index in [0.717, 1.165) is 46.5 Å². The van der Waals surface area contributed by atoms with Gasteiger partial charge in [-0.3, -0.25) is 24.1 Å². The van der Waals surface area contributed by atoms with Crippen LogP contribution in [0, 0.1) is 32.6 Å². The van der Waals surface area contributed by atoms with Crippen molar-refractivity contribution < 1.29 is 23.6 Å². The van der Waals surface area contributed by atoms with Crippen LogP contribution in [0.25, 0.3) is 0 Å². The maximum absolute atomic E-state index is 14.9. The smallest absolute Gasteiger partial charge is 0.262 e. The minimum atomic E-state index is -1.25. The van der Waals surface area contributed by atoms with Crippen molar-refractivity contribution in [3.05, 3.63) is 124 Å². The lowest BCUT2D eigenvalue weighted by molar-refractivity contribution is -0.151. The van der Waals surface area contributed by atoms with Crippen LogP contribution in [0.2, 0.25) is 0 Å². The third-order valence-corrected chi connectivity index (χ3v) is 10.5. The Morgan fingerprint density at radius 3 is 2.11 bits per heavy atom. The first kappa shape index (κ1) is 30.7. The van der Waals surface area contributed by atoms with E-state index >= 15 is 0 Å². The summed E-state index contributed by atoms with van der Waals surface area (Å²) in [6.45, 7) is 5.54. The van der Waals surface area contributed by atoms with Gasteiger partial charge in [0.1, 0.15) is 17.8 Å². The van der Waals surface area contributed by atoms with Crippen LogP contribution in [0.5, 0.6) is 0 Å². The summed E-state index contributed by atoms with van der Waals surface area (Å²) in [6.07, 6.45) is 4.96. The SMILES string of the molecule is Cc1cc(C)c(NC(=O)[C@]2(N(Cc3ccco3)C(=O)CN3C(=O)c4ccccc4C3=O)CC[C@H]3Cc4ccccc4C[C@@H]3C2)c(C)c1. The molecule has 8 heteroatoms. The third kappa shape index (κ3) is 5.45. The van der Waals surface area contributed by atoms with E-state index < -0.39 is 29.8 Å². The molecule has 0 bridgehead atoms. The molecule has 4 amide bonds. The number of benzene rings is 3. The second kappa shape index (κ2) is 12.0. The number of hydrogen-bond donors (Lipinski definition) is 1. The Kier molecular flexibility index (Phi) is 7.82. The van der Waals surface area contributed by atoms with Gasteiger partial charge in [0.05, 0.1) is 23.9 Å². The second-order valence-electron chi connectivity index (χ2n) is 13.5. The van der Waals surface area contributed by atoms with Crippen molar-refractivity contribution in [3.63, 3.8) is 0 Å². The molecule has 0 saturated heterocycles. The van der Waals surface area contributed by atoms with Crippen LogP contribution >= 0.6 is 0 Å². The van der Waals surface area contributed by atoms with E-state index in [0.29, 0.717) is 24.5 Å². The topological polar surface area (TPSA) is 99.9 Å². The zero-order valence-corrected chi connectivity index (χ0v) is 27.0. The van der Waals surface area contributed by atoms with Crippen LogP contribution in [-0.4, -0.2) is 45.5 Å².